The number of rotatable bonds is 0. The fourth-order valence-corrected chi connectivity index (χ4v) is 2.71. The monoisotopic (exact) mass is 246 g/mol. The highest BCUT2D eigenvalue weighted by molar-refractivity contribution is 6.23. The highest BCUT2D eigenvalue weighted by atomic mass is 16.1. The van der Waals surface area contributed by atoms with Gasteiger partial charge in [0.1, 0.15) is 0 Å². The molecule has 0 radical (unpaired) electrons. The van der Waals surface area contributed by atoms with Gasteiger partial charge < -0.3 is 4.98 Å². The van der Waals surface area contributed by atoms with Gasteiger partial charge >= 0.3 is 0 Å². The molecule has 0 saturated heterocycles. The first-order valence-corrected chi connectivity index (χ1v) is 6.13. The van der Waals surface area contributed by atoms with Gasteiger partial charge in [-0.25, -0.2) is 4.98 Å². The summed E-state index contributed by atoms with van der Waals surface area (Å²) in [4.78, 5) is 19.2. The van der Waals surface area contributed by atoms with E-state index < -0.39 is 0 Å². The number of aromatic amines is 1. The van der Waals surface area contributed by atoms with E-state index in [4.69, 9.17) is 0 Å². The Bertz CT molecular complexity index is 941. The van der Waals surface area contributed by atoms with Gasteiger partial charge in [0.2, 0.25) is 0 Å². The molecule has 0 amide bonds. The van der Waals surface area contributed by atoms with E-state index in [9.17, 15) is 4.79 Å². The van der Waals surface area contributed by atoms with Crippen molar-refractivity contribution in [1.29, 1.82) is 0 Å². The number of benzene rings is 3. The van der Waals surface area contributed by atoms with Crippen molar-refractivity contribution in [2.24, 2.45) is 0 Å². The number of fused-ring (bicyclic) bond motifs is 6. The Morgan fingerprint density at radius 3 is 2.11 bits per heavy atom. The molecule has 1 N–H and O–H groups in total. The lowest BCUT2D eigenvalue weighted by Gasteiger charge is -2.07. The van der Waals surface area contributed by atoms with E-state index in [0.29, 0.717) is 5.39 Å². The van der Waals surface area contributed by atoms with Crippen LogP contribution in [-0.4, -0.2) is 9.97 Å². The zero-order chi connectivity index (χ0) is 12.8. The van der Waals surface area contributed by atoms with E-state index in [2.05, 4.69) is 16.0 Å². The first kappa shape index (κ1) is 10.3. The third kappa shape index (κ3) is 1.32. The van der Waals surface area contributed by atoms with Crippen LogP contribution in [0, 0.1) is 0 Å². The SMILES string of the molecule is O=c1[nH]cnc2c3ccccc3c3ccccc3c12. The smallest absolute Gasteiger partial charge is 0.259 e. The largest absolute Gasteiger partial charge is 0.313 e. The molecule has 3 aromatic carbocycles. The predicted octanol–water partition coefficient (Wildman–Crippen LogP) is 3.23. The number of H-pyrrole nitrogens is 1. The molecular formula is C16H10N2O. The van der Waals surface area contributed by atoms with Gasteiger partial charge in [0.25, 0.3) is 5.56 Å². The van der Waals surface area contributed by atoms with Crippen LogP contribution in [0.2, 0.25) is 0 Å². The lowest BCUT2D eigenvalue weighted by Crippen LogP contribution is -2.07. The molecule has 0 spiro atoms. The minimum Gasteiger partial charge on any atom is -0.313 e. The molecule has 0 unspecified atom stereocenters. The summed E-state index contributed by atoms with van der Waals surface area (Å²) >= 11 is 0. The van der Waals surface area contributed by atoms with Crippen LogP contribution in [0.15, 0.2) is 59.7 Å². The van der Waals surface area contributed by atoms with Crippen LogP contribution in [0.5, 0.6) is 0 Å². The summed E-state index contributed by atoms with van der Waals surface area (Å²) in [5.41, 5.74) is 0.671. The maximum absolute atomic E-state index is 12.1. The summed E-state index contributed by atoms with van der Waals surface area (Å²) in [6, 6.07) is 16.0. The minimum absolute atomic E-state index is 0.0908. The van der Waals surface area contributed by atoms with Crippen LogP contribution in [0.3, 0.4) is 0 Å². The second-order valence-corrected chi connectivity index (χ2v) is 4.55. The third-order valence-electron chi connectivity index (χ3n) is 3.52. The maximum Gasteiger partial charge on any atom is 0.259 e. The van der Waals surface area contributed by atoms with Crippen molar-refractivity contribution in [3.05, 3.63) is 65.2 Å². The van der Waals surface area contributed by atoms with E-state index >= 15 is 0 Å². The van der Waals surface area contributed by atoms with Gasteiger partial charge in [-0.1, -0.05) is 48.5 Å². The lowest BCUT2D eigenvalue weighted by atomic mass is 9.98. The summed E-state index contributed by atoms with van der Waals surface area (Å²) in [5.74, 6) is 0. The number of aromatic nitrogens is 2. The van der Waals surface area contributed by atoms with Crippen LogP contribution in [0.25, 0.3) is 32.4 Å². The van der Waals surface area contributed by atoms with Gasteiger partial charge in [0.05, 0.1) is 17.2 Å². The Labute approximate surface area is 108 Å². The topological polar surface area (TPSA) is 45.8 Å². The van der Waals surface area contributed by atoms with Crippen molar-refractivity contribution in [3.63, 3.8) is 0 Å². The molecule has 1 heterocycles. The first-order chi connectivity index (χ1) is 9.36. The second-order valence-electron chi connectivity index (χ2n) is 4.55. The maximum atomic E-state index is 12.1. The van der Waals surface area contributed by atoms with Gasteiger partial charge in [-0.15, -0.1) is 0 Å². The van der Waals surface area contributed by atoms with Gasteiger partial charge in [0, 0.05) is 5.39 Å². The molecule has 1 aromatic heterocycles. The van der Waals surface area contributed by atoms with Gasteiger partial charge in [-0.3, -0.25) is 4.79 Å². The average Bonchev–Trinajstić information content (AvgIpc) is 2.47. The highest BCUT2D eigenvalue weighted by Crippen LogP contribution is 2.31. The number of hydrogen-bond donors (Lipinski definition) is 1. The van der Waals surface area contributed by atoms with Crippen molar-refractivity contribution in [2.45, 2.75) is 0 Å². The van der Waals surface area contributed by atoms with Crippen LogP contribution in [0.1, 0.15) is 0 Å². The lowest BCUT2D eigenvalue weighted by molar-refractivity contribution is 1.18. The van der Waals surface area contributed by atoms with E-state index in [1.54, 1.807) is 0 Å². The Morgan fingerprint density at radius 1 is 0.789 bits per heavy atom. The molecule has 3 heteroatoms. The second kappa shape index (κ2) is 3.65. The zero-order valence-electron chi connectivity index (χ0n) is 10.1. The molecule has 4 rings (SSSR count). The van der Waals surface area contributed by atoms with Crippen molar-refractivity contribution >= 4 is 32.4 Å². The first-order valence-electron chi connectivity index (χ1n) is 6.13. The van der Waals surface area contributed by atoms with Crippen LogP contribution < -0.4 is 5.56 Å². The molecule has 0 aliphatic rings. The number of nitrogens with one attached hydrogen (secondary N) is 1. The van der Waals surface area contributed by atoms with Crippen LogP contribution in [-0.2, 0) is 0 Å². The Hall–Kier alpha value is -2.68. The quantitative estimate of drug-likeness (QED) is 0.484. The molecule has 0 aliphatic heterocycles. The molecule has 0 aliphatic carbocycles. The van der Waals surface area contributed by atoms with Crippen LogP contribution >= 0.6 is 0 Å². The summed E-state index contributed by atoms with van der Waals surface area (Å²) in [6.07, 6.45) is 1.46. The van der Waals surface area contributed by atoms with Crippen molar-refractivity contribution in [1.82, 2.24) is 9.97 Å². The minimum atomic E-state index is -0.0908. The number of nitrogens with zero attached hydrogens (tertiary/aromatic N) is 1. The zero-order valence-corrected chi connectivity index (χ0v) is 10.1. The van der Waals surface area contributed by atoms with E-state index in [-0.39, 0.29) is 5.56 Å². The summed E-state index contributed by atoms with van der Waals surface area (Å²) in [5, 5.41) is 4.84. The Balaban J connectivity index is 2.52. The fourth-order valence-electron chi connectivity index (χ4n) is 2.71. The standard InChI is InChI=1S/C16H10N2O/c19-16-14-12-7-3-1-5-10(12)11-6-2-4-8-13(11)15(14)17-9-18-16/h1-9H,(H,17,18,19). The van der Waals surface area contributed by atoms with Crippen LogP contribution in [0.4, 0.5) is 0 Å². The van der Waals surface area contributed by atoms with Crippen molar-refractivity contribution < 1.29 is 0 Å². The highest BCUT2D eigenvalue weighted by Gasteiger charge is 2.10. The molecule has 19 heavy (non-hydrogen) atoms. The van der Waals surface area contributed by atoms with E-state index in [1.165, 1.54) is 6.33 Å². The third-order valence-corrected chi connectivity index (χ3v) is 3.52. The Morgan fingerprint density at radius 2 is 1.37 bits per heavy atom. The summed E-state index contributed by atoms with van der Waals surface area (Å²) in [7, 11) is 0. The molecule has 0 fully saturated rings. The van der Waals surface area contributed by atoms with Gasteiger partial charge in [-0.2, -0.15) is 0 Å². The average molecular weight is 246 g/mol. The number of hydrogen-bond acceptors (Lipinski definition) is 2. The normalized spacial score (nSPS) is 11.4. The Kier molecular flexibility index (Phi) is 1.97. The fraction of sp³-hybridized carbons (Fsp3) is 0. The molecule has 3 nitrogen and oxygen atoms in total. The molecular weight excluding hydrogens is 236 g/mol. The van der Waals surface area contributed by atoms with E-state index in [0.717, 1.165) is 27.1 Å². The van der Waals surface area contributed by atoms with Gasteiger partial charge in [-0.05, 0) is 16.2 Å². The summed E-state index contributed by atoms with van der Waals surface area (Å²) in [6.45, 7) is 0. The molecule has 0 bridgehead atoms. The molecule has 0 saturated carbocycles. The van der Waals surface area contributed by atoms with Crippen molar-refractivity contribution in [2.75, 3.05) is 0 Å². The summed E-state index contributed by atoms with van der Waals surface area (Å²) < 4.78 is 0. The van der Waals surface area contributed by atoms with Crippen molar-refractivity contribution in [3.8, 4) is 0 Å². The predicted molar refractivity (Wildman–Crippen MR) is 77.4 cm³/mol. The molecule has 4 aromatic rings. The molecule has 0 atom stereocenters. The van der Waals surface area contributed by atoms with Gasteiger partial charge in [0.15, 0.2) is 0 Å². The molecule has 90 valence electrons. The van der Waals surface area contributed by atoms with E-state index in [1.807, 2.05) is 42.5 Å².